The molecule has 162 valence electrons. The molecule has 0 aromatic heterocycles. The Balaban J connectivity index is 1.71. The predicted octanol–water partition coefficient (Wildman–Crippen LogP) is 5.98. The molecule has 1 fully saturated rings. The van der Waals surface area contributed by atoms with Gasteiger partial charge in [-0.15, -0.1) is 0 Å². The van der Waals surface area contributed by atoms with Gasteiger partial charge in [0, 0.05) is 16.7 Å². The summed E-state index contributed by atoms with van der Waals surface area (Å²) in [5.41, 5.74) is 0.330. The van der Waals surface area contributed by atoms with Crippen LogP contribution in [0.25, 0.3) is 0 Å². The number of rotatable bonds is 6. The first kappa shape index (κ1) is 21.0. The summed E-state index contributed by atoms with van der Waals surface area (Å²) in [6.45, 7) is 0. The molecule has 4 heteroatoms. The molecule has 1 aliphatic rings. The molecule has 2 atom stereocenters. The number of carbonyl (C=O) groups is 2. The number of hydrogen-bond acceptors (Lipinski definition) is 4. The van der Waals surface area contributed by atoms with Crippen LogP contribution < -0.4 is 0 Å². The Bertz CT molecular complexity index is 1190. The summed E-state index contributed by atoms with van der Waals surface area (Å²) in [5, 5.41) is 0. The zero-order valence-electron chi connectivity index (χ0n) is 17.8. The minimum atomic E-state index is -1.88. The van der Waals surface area contributed by atoms with Crippen molar-refractivity contribution in [2.45, 2.75) is 18.0 Å². The Morgan fingerprint density at radius 1 is 0.545 bits per heavy atom. The van der Waals surface area contributed by atoms with Crippen LogP contribution in [0.5, 0.6) is 0 Å². The molecule has 1 heterocycles. The van der Waals surface area contributed by atoms with Crippen LogP contribution in [-0.4, -0.2) is 17.2 Å². The molecule has 4 aromatic rings. The minimum Gasteiger partial charge on any atom is -0.336 e. The highest BCUT2D eigenvalue weighted by molar-refractivity contribution is 6.23. The molecule has 0 bridgehead atoms. The highest BCUT2D eigenvalue weighted by Crippen LogP contribution is 2.50. The van der Waals surface area contributed by atoms with E-state index in [0.29, 0.717) is 16.7 Å². The van der Waals surface area contributed by atoms with Crippen molar-refractivity contribution in [2.75, 3.05) is 0 Å². The molecule has 5 rings (SSSR count). The average molecular weight is 434 g/mol. The van der Waals surface area contributed by atoms with Gasteiger partial charge in [-0.1, -0.05) is 121 Å². The van der Waals surface area contributed by atoms with E-state index in [1.165, 1.54) is 0 Å². The number of Topliss-reactive ketones (excluding diaryl/α,β-unsaturated/α-hetero) is 2. The van der Waals surface area contributed by atoms with Gasteiger partial charge in [0.15, 0.2) is 6.29 Å². The van der Waals surface area contributed by atoms with Crippen molar-refractivity contribution in [1.82, 2.24) is 0 Å². The quantitative estimate of drug-likeness (QED) is 0.277. The zero-order chi connectivity index (χ0) is 22.7. The van der Waals surface area contributed by atoms with Crippen LogP contribution in [0, 0.1) is 0 Å². The summed E-state index contributed by atoms with van der Waals surface area (Å²) < 4.78 is 12.8. The lowest BCUT2D eigenvalue weighted by atomic mass is 9.78. The lowest BCUT2D eigenvalue weighted by Crippen LogP contribution is -2.50. The Hall–Kier alpha value is -3.86. The van der Waals surface area contributed by atoms with E-state index in [1.807, 2.05) is 72.8 Å². The number of hydrogen-bond donors (Lipinski definition) is 0. The van der Waals surface area contributed by atoms with E-state index in [-0.39, 0.29) is 0 Å². The third-order valence-corrected chi connectivity index (χ3v) is 5.84. The highest BCUT2D eigenvalue weighted by atomic mass is 16.7. The van der Waals surface area contributed by atoms with E-state index < -0.39 is 29.6 Å². The van der Waals surface area contributed by atoms with E-state index in [1.54, 1.807) is 48.5 Å². The van der Waals surface area contributed by atoms with Gasteiger partial charge in [0.2, 0.25) is 17.2 Å². The largest absolute Gasteiger partial charge is 0.336 e. The first-order valence-electron chi connectivity index (χ1n) is 10.8. The van der Waals surface area contributed by atoms with E-state index in [2.05, 4.69) is 0 Å². The second-order valence-electron chi connectivity index (χ2n) is 7.91. The normalized spacial score (nSPS) is 19.2. The summed E-state index contributed by atoms with van der Waals surface area (Å²) in [6, 6.07) is 36.2. The maximum absolute atomic E-state index is 14.1. The van der Waals surface area contributed by atoms with Gasteiger partial charge < -0.3 is 9.47 Å². The van der Waals surface area contributed by atoms with Crippen LogP contribution in [0.4, 0.5) is 0 Å². The van der Waals surface area contributed by atoms with E-state index in [0.717, 1.165) is 5.56 Å². The monoisotopic (exact) mass is 434 g/mol. The second kappa shape index (κ2) is 8.94. The Labute approximate surface area is 192 Å². The van der Waals surface area contributed by atoms with Crippen LogP contribution in [-0.2, 0) is 9.47 Å². The number of ketones is 2. The third kappa shape index (κ3) is 3.80. The van der Waals surface area contributed by atoms with Crippen molar-refractivity contribution in [3.8, 4) is 0 Å². The summed E-state index contributed by atoms with van der Waals surface area (Å²) in [6.07, 6.45) is -1.80. The Morgan fingerprint density at radius 2 is 0.939 bits per heavy atom. The summed E-state index contributed by atoms with van der Waals surface area (Å²) in [7, 11) is 0. The van der Waals surface area contributed by atoms with Crippen molar-refractivity contribution >= 4 is 11.6 Å². The fourth-order valence-electron chi connectivity index (χ4n) is 4.23. The smallest absolute Gasteiger partial charge is 0.226 e. The number of benzene rings is 4. The third-order valence-electron chi connectivity index (χ3n) is 5.84. The molecule has 1 aliphatic heterocycles. The van der Waals surface area contributed by atoms with Crippen LogP contribution in [0.3, 0.4) is 0 Å². The minimum absolute atomic E-state index is 0.389. The molecule has 0 aliphatic carbocycles. The predicted molar refractivity (Wildman–Crippen MR) is 125 cm³/mol. The van der Waals surface area contributed by atoms with Crippen molar-refractivity contribution in [3.63, 3.8) is 0 Å². The molecule has 0 amide bonds. The molecule has 4 aromatic carbocycles. The maximum atomic E-state index is 14.1. The molecule has 0 spiro atoms. The van der Waals surface area contributed by atoms with E-state index in [4.69, 9.17) is 9.47 Å². The molecule has 0 saturated carbocycles. The van der Waals surface area contributed by atoms with Crippen LogP contribution in [0.1, 0.15) is 44.2 Å². The van der Waals surface area contributed by atoms with Crippen molar-refractivity contribution in [3.05, 3.63) is 144 Å². The molecule has 0 N–H and O–H groups in total. The molecular weight excluding hydrogens is 412 g/mol. The number of ether oxygens (including phenoxy) is 2. The first-order valence-corrected chi connectivity index (χ1v) is 10.8. The second-order valence-corrected chi connectivity index (χ2v) is 7.91. The fraction of sp³-hybridized carbons (Fsp3) is 0.103. The fourth-order valence-corrected chi connectivity index (χ4v) is 4.23. The summed E-state index contributed by atoms with van der Waals surface area (Å²) in [5.74, 6) is -0.853. The Kier molecular flexibility index (Phi) is 5.69. The molecule has 33 heavy (non-hydrogen) atoms. The SMILES string of the molecule is O=C(c1ccccc1)C1(C(=O)c2ccccc2)OC(c2ccccc2)OC1c1ccccc1. The van der Waals surface area contributed by atoms with Gasteiger partial charge in [0.25, 0.3) is 0 Å². The lowest BCUT2D eigenvalue weighted by molar-refractivity contribution is -0.0768. The molecule has 2 unspecified atom stereocenters. The van der Waals surface area contributed by atoms with Gasteiger partial charge in [0.05, 0.1) is 0 Å². The van der Waals surface area contributed by atoms with Gasteiger partial charge in [-0.2, -0.15) is 0 Å². The average Bonchev–Trinajstić information content (AvgIpc) is 3.32. The first-order chi connectivity index (χ1) is 16.2. The zero-order valence-corrected chi connectivity index (χ0v) is 17.8. The van der Waals surface area contributed by atoms with Crippen molar-refractivity contribution in [2.24, 2.45) is 0 Å². The van der Waals surface area contributed by atoms with Gasteiger partial charge in [-0.3, -0.25) is 9.59 Å². The van der Waals surface area contributed by atoms with Gasteiger partial charge in [0.1, 0.15) is 6.10 Å². The van der Waals surface area contributed by atoms with Gasteiger partial charge >= 0.3 is 0 Å². The molecule has 1 saturated heterocycles. The van der Waals surface area contributed by atoms with Crippen molar-refractivity contribution < 1.29 is 19.1 Å². The van der Waals surface area contributed by atoms with Crippen LogP contribution in [0.15, 0.2) is 121 Å². The van der Waals surface area contributed by atoms with Crippen LogP contribution >= 0.6 is 0 Å². The number of carbonyl (C=O) groups excluding carboxylic acids is 2. The molecular formula is C29H22O4. The van der Waals surface area contributed by atoms with Gasteiger partial charge in [-0.25, -0.2) is 0 Å². The lowest BCUT2D eigenvalue weighted by Gasteiger charge is -2.30. The summed E-state index contributed by atoms with van der Waals surface area (Å²) in [4.78, 5) is 28.2. The highest BCUT2D eigenvalue weighted by Gasteiger charge is 2.61. The van der Waals surface area contributed by atoms with Gasteiger partial charge in [-0.05, 0) is 5.56 Å². The molecule has 4 nitrogen and oxygen atoms in total. The maximum Gasteiger partial charge on any atom is 0.226 e. The van der Waals surface area contributed by atoms with Crippen LogP contribution in [0.2, 0.25) is 0 Å². The van der Waals surface area contributed by atoms with Crippen molar-refractivity contribution in [1.29, 1.82) is 0 Å². The topological polar surface area (TPSA) is 52.6 Å². The van der Waals surface area contributed by atoms with E-state index in [9.17, 15) is 9.59 Å². The standard InChI is InChI=1S/C29H22O4/c30-25(21-13-5-1-6-14-21)29(26(31)22-15-7-2-8-16-22)27(23-17-9-3-10-18-23)32-28(33-29)24-19-11-4-12-20-24/h1-20,27-28H. The molecule has 0 radical (unpaired) electrons. The summed E-state index contributed by atoms with van der Waals surface area (Å²) >= 11 is 0. The Morgan fingerprint density at radius 3 is 1.39 bits per heavy atom. The van der Waals surface area contributed by atoms with E-state index >= 15 is 0 Å².